The molecule has 1 saturated carbocycles. The highest BCUT2D eigenvalue weighted by atomic mass is 32.2. The molecular formula is C10H11F2NO2S. The Morgan fingerprint density at radius 2 is 1.81 bits per heavy atom. The van der Waals surface area contributed by atoms with Gasteiger partial charge in [-0.15, -0.1) is 0 Å². The van der Waals surface area contributed by atoms with E-state index >= 15 is 0 Å². The van der Waals surface area contributed by atoms with Crippen LogP contribution in [0.1, 0.15) is 11.5 Å². The molecule has 0 aromatic heterocycles. The van der Waals surface area contributed by atoms with Gasteiger partial charge in [0.15, 0.2) is 0 Å². The van der Waals surface area contributed by atoms with Crippen molar-refractivity contribution in [2.24, 2.45) is 11.1 Å². The van der Waals surface area contributed by atoms with Crippen molar-refractivity contribution in [2.45, 2.75) is 11.8 Å². The van der Waals surface area contributed by atoms with Crippen LogP contribution >= 0.6 is 0 Å². The molecule has 2 rings (SSSR count). The van der Waals surface area contributed by atoms with Gasteiger partial charge in [-0.25, -0.2) is 22.3 Å². The van der Waals surface area contributed by atoms with Gasteiger partial charge >= 0.3 is 0 Å². The summed E-state index contributed by atoms with van der Waals surface area (Å²) in [7, 11) is -3.85. The summed E-state index contributed by atoms with van der Waals surface area (Å²) in [6.45, 7) is 0. The number of primary sulfonamides is 1. The van der Waals surface area contributed by atoms with E-state index in [4.69, 9.17) is 5.14 Å². The molecule has 2 N–H and O–H groups in total. The zero-order valence-electron chi connectivity index (χ0n) is 8.31. The van der Waals surface area contributed by atoms with E-state index in [-0.39, 0.29) is 0 Å². The zero-order valence-corrected chi connectivity index (χ0v) is 9.12. The van der Waals surface area contributed by atoms with Gasteiger partial charge in [0, 0.05) is 0 Å². The molecule has 1 aliphatic carbocycles. The first-order valence-corrected chi connectivity index (χ1v) is 6.47. The molecule has 6 heteroatoms. The van der Waals surface area contributed by atoms with Crippen molar-refractivity contribution in [3.63, 3.8) is 0 Å². The molecule has 88 valence electrons. The summed E-state index contributed by atoms with van der Waals surface area (Å²) < 4.78 is 48.3. The average Bonchev–Trinajstić information content (AvgIpc) is 2.66. The molecule has 0 bridgehead atoms. The molecule has 3 nitrogen and oxygen atoms in total. The molecule has 0 heterocycles. The highest BCUT2D eigenvalue weighted by Gasteiger charge is 2.69. The molecule has 0 spiro atoms. The van der Waals surface area contributed by atoms with Crippen LogP contribution in [-0.2, 0) is 10.0 Å². The van der Waals surface area contributed by atoms with E-state index in [0.717, 1.165) is 0 Å². The van der Waals surface area contributed by atoms with Crippen LogP contribution in [0.2, 0.25) is 0 Å². The zero-order chi connectivity index (χ0) is 12.0. The maximum absolute atomic E-state index is 13.4. The van der Waals surface area contributed by atoms with Crippen LogP contribution in [0.25, 0.3) is 0 Å². The Hall–Kier alpha value is -1.01. The summed E-state index contributed by atoms with van der Waals surface area (Å²) in [6, 6.07) is 8.16. The number of hydrogen-bond acceptors (Lipinski definition) is 2. The number of benzene rings is 1. The lowest BCUT2D eigenvalue weighted by molar-refractivity contribution is 0.0968. The van der Waals surface area contributed by atoms with Crippen LogP contribution in [0.15, 0.2) is 30.3 Å². The molecule has 0 unspecified atom stereocenters. The van der Waals surface area contributed by atoms with E-state index in [9.17, 15) is 17.2 Å². The Morgan fingerprint density at radius 1 is 1.25 bits per heavy atom. The maximum atomic E-state index is 13.4. The van der Waals surface area contributed by atoms with Gasteiger partial charge in [-0.05, 0) is 5.56 Å². The fraction of sp³-hybridized carbons (Fsp3) is 0.400. The third-order valence-electron chi connectivity index (χ3n) is 2.77. The lowest BCUT2D eigenvalue weighted by Crippen LogP contribution is -2.19. The Labute approximate surface area is 92.3 Å². The van der Waals surface area contributed by atoms with Crippen molar-refractivity contribution in [1.29, 1.82) is 0 Å². The molecule has 0 amide bonds. The van der Waals surface area contributed by atoms with Crippen molar-refractivity contribution >= 4 is 10.0 Å². The van der Waals surface area contributed by atoms with Crippen LogP contribution in [0.5, 0.6) is 0 Å². The van der Waals surface area contributed by atoms with Crippen LogP contribution in [0, 0.1) is 5.92 Å². The maximum Gasteiger partial charge on any atom is 0.260 e. The Balaban J connectivity index is 2.20. The van der Waals surface area contributed by atoms with Gasteiger partial charge in [0.05, 0.1) is 17.6 Å². The van der Waals surface area contributed by atoms with Crippen LogP contribution < -0.4 is 5.14 Å². The van der Waals surface area contributed by atoms with Crippen molar-refractivity contribution in [3.05, 3.63) is 35.9 Å². The normalized spacial score (nSPS) is 27.7. The molecule has 0 radical (unpaired) electrons. The summed E-state index contributed by atoms with van der Waals surface area (Å²) in [6.07, 6.45) is 0. The van der Waals surface area contributed by atoms with E-state index < -0.39 is 33.5 Å². The lowest BCUT2D eigenvalue weighted by atomic mass is 10.1. The van der Waals surface area contributed by atoms with Gasteiger partial charge in [-0.1, -0.05) is 30.3 Å². The highest BCUT2D eigenvalue weighted by molar-refractivity contribution is 7.89. The minimum atomic E-state index is -3.85. The predicted molar refractivity (Wildman–Crippen MR) is 55.6 cm³/mol. The molecule has 0 saturated heterocycles. The Kier molecular flexibility index (Phi) is 2.51. The van der Waals surface area contributed by atoms with Crippen molar-refractivity contribution < 1.29 is 17.2 Å². The second kappa shape index (κ2) is 3.49. The highest BCUT2D eigenvalue weighted by Crippen LogP contribution is 2.61. The molecule has 16 heavy (non-hydrogen) atoms. The number of sulfonamides is 1. The minimum absolute atomic E-state index is 0.459. The van der Waals surface area contributed by atoms with Gasteiger partial charge in [-0.3, -0.25) is 0 Å². The van der Waals surface area contributed by atoms with E-state index in [1.54, 1.807) is 30.3 Å². The van der Waals surface area contributed by atoms with E-state index in [1.807, 2.05) is 0 Å². The number of nitrogens with two attached hydrogens (primary N) is 1. The molecule has 1 fully saturated rings. The third kappa shape index (κ3) is 2.08. The predicted octanol–water partition coefficient (Wildman–Crippen LogP) is 1.32. The average molecular weight is 247 g/mol. The number of alkyl halides is 2. The van der Waals surface area contributed by atoms with Crippen LogP contribution in [0.3, 0.4) is 0 Å². The van der Waals surface area contributed by atoms with Crippen molar-refractivity contribution in [1.82, 2.24) is 0 Å². The lowest BCUT2D eigenvalue weighted by Gasteiger charge is -1.96. The second-order valence-corrected chi connectivity index (χ2v) is 5.66. The quantitative estimate of drug-likeness (QED) is 0.875. The molecule has 1 aromatic carbocycles. The Bertz CT molecular complexity index is 487. The minimum Gasteiger partial charge on any atom is -0.229 e. The standard InChI is InChI=1S/C10H11F2NO2S/c11-10(12)8(6-16(13,14)15)9(10)7-4-2-1-3-5-7/h1-5,8-9H,6H2,(H2,13,14,15)/t8-,9-/m1/s1. The van der Waals surface area contributed by atoms with E-state index in [1.165, 1.54) is 0 Å². The third-order valence-corrected chi connectivity index (χ3v) is 3.60. The van der Waals surface area contributed by atoms with Gasteiger partial charge in [0.2, 0.25) is 10.0 Å². The second-order valence-electron chi connectivity index (χ2n) is 4.00. The fourth-order valence-corrected chi connectivity index (χ4v) is 2.88. The van der Waals surface area contributed by atoms with Crippen LogP contribution in [0.4, 0.5) is 8.78 Å². The Morgan fingerprint density at radius 3 is 2.31 bits per heavy atom. The van der Waals surface area contributed by atoms with Crippen molar-refractivity contribution in [3.8, 4) is 0 Å². The smallest absolute Gasteiger partial charge is 0.229 e. The first kappa shape index (κ1) is 11.5. The van der Waals surface area contributed by atoms with Gasteiger partial charge in [0.25, 0.3) is 5.92 Å². The molecule has 2 atom stereocenters. The van der Waals surface area contributed by atoms with E-state index in [0.29, 0.717) is 5.56 Å². The number of halogens is 2. The molecular weight excluding hydrogens is 236 g/mol. The molecule has 1 aliphatic rings. The fourth-order valence-electron chi connectivity index (χ4n) is 1.96. The summed E-state index contributed by atoms with van der Waals surface area (Å²) >= 11 is 0. The monoisotopic (exact) mass is 247 g/mol. The topological polar surface area (TPSA) is 60.2 Å². The molecule has 1 aromatic rings. The summed E-state index contributed by atoms with van der Waals surface area (Å²) in [4.78, 5) is 0. The summed E-state index contributed by atoms with van der Waals surface area (Å²) in [5.41, 5.74) is 0.459. The number of hydrogen-bond donors (Lipinski definition) is 1. The van der Waals surface area contributed by atoms with Crippen LogP contribution in [-0.4, -0.2) is 20.1 Å². The van der Waals surface area contributed by atoms with Gasteiger partial charge in [-0.2, -0.15) is 0 Å². The first-order valence-electron chi connectivity index (χ1n) is 4.75. The first-order chi connectivity index (χ1) is 7.32. The summed E-state index contributed by atoms with van der Waals surface area (Å²) in [5, 5.41) is 4.78. The van der Waals surface area contributed by atoms with Crippen molar-refractivity contribution in [2.75, 3.05) is 5.75 Å². The molecule has 0 aliphatic heterocycles. The van der Waals surface area contributed by atoms with Gasteiger partial charge in [0.1, 0.15) is 0 Å². The van der Waals surface area contributed by atoms with Gasteiger partial charge < -0.3 is 0 Å². The summed E-state index contributed by atoms with van der Waals surface area (Å²) in [5.74, 6) is -5.84. The largest absolute Gasteiger partial charge is 0.260 e. The van der Waals surface area contributed by atoms with E-state index in [2.05, 4.69) is 0 Å². The number of rotatable bonds is 3. The SMILES string of the molecule is NS(=O)(=O)C[C@@H]1[C@@H](c2ccccc2)C1(F)F.